The van der Waals surface area contributed by atoms with Gasteiger partial charge in [0, 0.05) is 12.8 Å². The normalized spacial score (nSPS) is 20.3. The van der Waals surface area contributed by atoms with E-state index in [1.54, 1.807) is 0 Å². The number of hydrogen-bond donors (Lipinski definition) is 0. The summed E-state index contributed by atoms with van der Waals surface area (Å²) in [7, 11) is -3.13. The molecule has 4 nitrogen and oxygen atoms in total. The van der Waals surface area contributed by atoms with Crippen LogP contribution in [0.5, 0.6) is 0 Å². The van der Waals surface area contributed by atoms with Crippen molar-refractivity contribution in [1.82, 2.24) is 0 Å². The quantitative estimate of drug-likeness (QED) is 0.344. The van der Waals surface area contributed by atoms with Crippen molar-refractivity contribution < 1.29 is 18.4 Å². The molecule has 2 unspecified atom stereocenters. The van der Waals surface area contributed by atoms with Crippen molar-refractivity contribution in [3.8, 4) is 0 Å². The highest BCUT2D eigenvalue weighted by Crippen LogP contribution is 2.59. The summed E-state index contributed by atoms with van der Waals surface area (Å²) < 4.78 is 24.5. The van der Waals surface area contributed by atoms with Crippen molar-refractivity contribution in [2.24, 2.45) is 5.92 Å². The molecule has 0 radical (unpaired) electrons. The molecule has 2 atom stereocenters. The van der Waals surface area contributed by atoms with Crippen LogP contribution >= 0.6 is 7.60 Å². The Kier molecular flexibility index (Phi) is 8.95. The van der Waals surface area contributed by atoms with Crippen LogP contribution in [0.2, 0.25) is 0 Å². The summed E-state index contributed by atoms with van der Waals surface area (Å²) in [5, 5.41) is 0. The van der Waals surface area contributed by atoms with Crippen molar-refractivity contribution in [2.75, 3.05) is 13.2 Å². The number of benzene rings is 1. The molecule has 0 aliphatic heterocycles. The lowest BCUT2D eigenvalue weighted by molar-refractivity contribution is -0.118. The van der Waals surface area contributed by atoms with Gasteiger partial charge in [-0.25, -0.2) is 0 Å². The van der Waals surface area contributed by atoms with Crippen LogP contribution in [0, 0.1) is 5.92 Å². The van der Waals surface area contributed by atoms with Gasteiger partial charge in [0.25, 0.3) is 0 Å². The van der Waals surface area contributed by atoms with Crippen LogP contribution in [-0.2, 0) is 24.8 Å². The third-order valence-corrected chi connectivity index (χ3v) is 7.82. The molecule has 0 spiro atoms. The zero-order chi connectivity index (χ0) is 19.7. The van der Waals surface area contributed by atoms with Gasteiger partial charge < -0.3 is 9.05 Å². The molecule has 0 amide bonds. The molecule has 1 aliphatic carbocycles. The van der Waals surface area contributed by atoms with Gasteiger partial charge in [-0.2, -0.15) is 0 Å². The largest absolute Gasteiger partial charge is 0.334 e. The molecule has 1 aliphatic rings. The topological polar surface area (TPSA) is 52.6 Å². The predicted molar refractivity (Wildman–Crippen MR) is 110 cm³/mol. The average Bonchev–Trinajstić information content (AvgIpc) is 2.63. The van der Waals surface area contributed by atoms with E-state index in [2.05, 4.69) is 13.0 Å². The Balaban J connectivity index is 1.94. The maximum atomic E-state index is 13.3. The Morgan fingerprint density at radius 1 is 1.15 bits per heavy atom. The van der Waals surface area contributed by atoms with Crippen LogP contribution in [0.25, 0.3) is 0 Å². The van der Waals surface area contributed by atoms with Gasteiger partial charge in [-0.1, -0.05) is 42.0 Å². The Morgan fingerprint density at radius 2 is 1.81 bits per heavy atom. The number of rotatable bonds is 11. The van der Waals surface area contributed by atoms with Gasteiger partial charge in [0.1, 0.15) is 5.78 Å². The smallest absolute Gasteiger partial charge is 0.309 e. The minimum Gasteiger partial charge on any atom is -0.309 e. The van der Waals surface area contributed by atoms with Crippen LogP contribution in [0.15, 0.2) is 42.0 Å². The van der Waals surface area contributed by atoms with E-state index in [9.17, 15) is 9.36 Å². The van der Waals surface area contributed by atoms with Crippen molar-refractivity contribution in [1.29, 1.82) is 0 Å². The number of carbonyl (C=O) groups excluding carboxylic acids is 1. The van der Waals surface area contributed by atoms with Crippen molar-refractivity contribution in [3.05, 3.63) is 47.5 Å². The molecule has 0 bridgehead atoms. The molecule has 2 rings (SSSR count). The van der Waals surface area contributed by atoms with E-state index in [1.165, 1.54) is 5.57 Å². The highest BCUT2D eigenvalue weighted by molar-refractivity contribution is 7.54. The van der Waals surface area contributed by atoms with Gasteiger partial charge in [0.15, 0.2) is 0 Å². The third kappa shape index (κ3) is 6.71. The van der Waals surface area contributed by atoms with E-state index < -0.39 is 7.60 Å². The first kappa shape index (κ1) is 22.1. The fourth-order valence-electron chi connectivity index (χ4n) is 3.89. The number of allylic oxidation sites excluding steroid dienone is 2. The second kappa shape index (κ2) is 10.9. The van der Waals surface area contributed by atoms with Gasteiger partial charge in [0.05, 0.1) is 18.9 Å². The molecule has 0 fully saturated rings. The predicted octanol–water partition coefficient (Wildman–Crippen LogP) is 5.96. The zero-order valence-electron chi connectivity index (χ0n) is 16.9. The van der Waals surface area contributed by atoms with Gasteiger partial charge >= 0.3 is 7.60 Å². The first-order valence-electron chi connectivity index (χ1n) is 10.1. The van der Waals surface area contributed by atoms with Crippen molar-refractivity contribution >= 4 is 13.4 Å². The summed E-state index contributed by atoms with van der Waals surface area (Å²) in [4.78, 5) is 12.3. The molecule has 0 saturated carbocycles. The number of ketones is 1. The molecule has 0 saturated heterocycles. The Bertz CT molecular complexity index is 658. The monoisotopic (exact) mass is 392 g/mol. The fourth-order valence-corrected chi connectivity index (χ4v) is 6.20. The molecule has 5 heteroatoms. The van der Waals surface area contributed by atoms with E-state index in [1.807, 2.05) is 44.2 Å². The first-order valence-corrected chi connectivity index (χ1v) is 11.7. The van der Waals surface area contributed by atoms with E-state index in [0.29, 0.717) is 26.1 Å². The van der Waals surface area contributed by atoms with E-state index in [0.717, 1.165) is 31.2 Å². The van der Waals surface area contributed by atoms with Crippen LogP contribution in [0.1, 0.15) is 58.4 Å². The molecule has 1 aromatic carbocycles. The number of carbonyl (C=O) groups is 1. The highest BCUT2D eigenvalue weighted by Gasteiger charge is 2.41. The second-order valence-electron chi connectivity index (χ2n) is 7.29. The maximum Gasteiger partial charge on any atom is 0.334 e. The molecule has 0 N–H and O–H groups in total. The average molecular weight is 392 g/mol. The molecular formula is C22H33O4P. The second-order valence-corrected chi connectivity index (χ2v) is 9.55. The van der Waals surface area contributed by atoms with Gasteiger partial charge in [0.2, 0.25) is 0 Å². The standard InChI is InChI=1S/C22H33O4P/c1-4-25-27(24,26-5-2)22-15-14-18(3)16-20(22)12-9-13-21(23)17-19-10-7-6-8-11-19/h6-8,10-11,14,20,22H,4-5,9,12-13,15-17H2,1-3H3. The van der Waals surface area contributed by atoms with Crippen LogP contribution in [-0.4, -0.2) is 24.7 Å². The number of hydrogen-bond acceptors (Lipinski definition) is 4. The lowest BCUT2D eigenvalue weighted by atomic mass is 9.85. The Hall–Kier alpha value is -1.22. The molecule has 1 aromatic rings. The summed E-state index contributed by atoms with van der Waals surface area (Å²) >= 11 is 0. The third-order valence-electron chi connectivity index (χ3n) is 5.14. The molecule has 0 heterocycles. The van der Waals surface area contributed by atoms with Crippen LogP contribution in [0.3, 0.4) is 0 Å². The zero-order valence-corrected chi connectivity index (χ0v) is 17.8. The summed E-state index contributed by atoms with van der Waals surface area (Å²) in [5.74, 6) is 0.502. The Morgan fingerprint density at radius 3 is 2.44 bits per heavy atom. The lowest BCUT2D eigenvalue weighted by Gasteiger charge is -2.35. The number of Topliss-reactive ketones (excluding diaryl/α,β-unsaturated/α-hetero) is 1. The van der Waals surface area contributed by atoms with Gasteiger partial charge in [-0.05, 0) is 57.9 Å². The Labute approximate surface area is 163 Å². The molecule has 27 heavy (non-hydrogen) atoms. The van der Waals surface area contributed by atoms with Gasteiger partial charge in [-0.15, -0.1) is 0 Å². The van der Waals surface area contributed by atoms with E-state index in [4.69, 9.17) is 9.05 Å². The maximum absolute atomic E-state index is 13.3. The molecular weight excluding hydrogens is 359 g/mol. The molecule has 150 valence electrons. The van der Waals surface area contributed by atoms with Crippen molar-refractivity contribution in [2.45, 2.75) is 65.0 Å². The SMILES string of the molecule is CCOP(=O)(OCC)C1CC=C(C)CC1CCCC(=O)Cc1ccccc1. The summed E-state index contributed by atoms with van der Waals surface area (Å²) in [6, 6.07) is 9.86. The molecule has 0 aromatic heterocycles. The fraction of sp³-hybridized carbons (Fsp3) is 0.591. The van der Waals surface area contributed by atoms with Crippen LogP contribution < -0.4 is 0 Å². The van der Waals surface area contributed by atoms with Gasteiger partial charge in [-0.3, -0.25) is 9.36 Å². The summed E-state index contributed by atoms with van der Waals surface area (Å²) in [5.41, 5.74) is 2.28. The lowest BCUT2D eigenvalue weighted by Crippen LogP contribution is -2.26. The van der Waals surface area contributed by atoms with E-state index in [-0.39, 0.29) is 17.4 Å². The van der Waals surface area contributed by atoms with Crippen LogP contribution in [0.4, 0.5) is 0 Å². The minimum atomic E-state index is -3.13. The highest BCUT2D eigenvalue weighted by atomic mass is 31.2. The minimum absolute atomic E-state index is 0.106. The summed E-state index contributed by atoms with van der Waals surface area (Å²) in [6.45, 7) is 6.60. The van der Waals surface area contributed by atoms with Crippen molar-refractivity contribution in [3.63, 3.8) is 0 Å². The van der Waals surface area contributed by atoms with E-state index >= 15 is 0 Å². The summed E-state index contributed by atoms with van der Waals surface area (Å²) in [6.07, 6.45) is 6.54. The first-order chi connectivity index (χ1) is 13.0.